The van der Waals surface area contributed by atoms with Gasteiger partial charge in [-0.1, -0.05) is 18.7 Å². The predicted octanol–water partition coefficient (Wildman–Crippen LogP) is 3.82. The number of benzene rings is 2. The number of fused-ring (bicyclic) bond motifs is 1. The number of rotatable bonds is 6. The number of nitrogens with one attached hydrogen (secondary N) is 1. The second-order valence-electron chi connectivity index (χ2n) is 7.94. The van der Waals surface area contributed by atoms with Gasteiger partial charge < -0.3 is 20.3 Å². The molecule has 31 heavy (non-hydrogen) atoms. The van der Waals surface area contributed by atoms with Crippen molar-refractivity contribution in [2.75, 3.05) is 17.8 Å². The van der Waals surface area contributed by atoms with E-state index >= 15 is 0 Å². The van der Waals surface area contributed by atoms with E-state index in [1.807, 2.05) is 18.2 Å². The van der Waals surface area contributed by atoms with Gasteiger partial charge in [0.25, 0.3) is 0 Å². The molecule has 2 aliphatic rings. The number of likely N-dealkylation sites (tertiary alicyclic amines) is 1. The van der Waals surface area contributed by atoms with E-state index in [0.29, 0.717) is 17.3 Å². The van der Waals surface area contributed by atoms with Gasteiger partial charge in [0.15, 0.2) is 5.84 Å². The van der Waals surface area contributed by atoms with Crippen LogP contribution < -0.4 is 10.5 Å². The molecule has 1 fully saturated rings. The molecule has 0 aliphatic carbocycles. The molecule has 0 bridgehead atoms. The Morgan fingerprint density at radius 2 is 2.26 bits per heavy atom. The van der Waals surface area contributed by atoms with Crippen molar-refractivity contribution in [3.8, 4) is 5.75 Å². The van der Waals surface area contributed by atoms with Crippen LogP contribution in [-0.4, -0.2) is 33.5 Å². The molecule has 0 radical (unpaired) electrons. The van der Waals surface area contributed by atoms with Gasteiger partial charge in [-0.2, -0.15) is 4.72 Å². The van der Waals surface area contributed by atoms with Gasteiger partial charge in [-0.25, -0.2) is 0 Å². The summed E-state index contributed by atoms with van der Waals surface area (Å²) >= 11 is -1.53. The van der Waals surface area contributed by atoms with Gasteiger partial charge in [-0.3, -0.25) is 0 Å². The standard InChI is InChI=1S/C22H25N5O3S/c1-14(17-10-18(24-29)12-19(28)11-17)27-9-3-4-15(13-27)7-8-16-5-2-6-20-21(16)22(23)26-31(30)25-20/h2,5-6,10-12,15,25,28H,1,3-4,7-9,13H2,(H2,23,26)/t15-,31?/m1/s1. The van der Waals surface area contributed by atoms with Crippen molar-refractivity contribution in [3.63, 3.8) is 0 Å². The molecule has 1 unspecified atom stereocenters. The minimum Gasteiger partial charge on any atom is -0.566 e. The number of nitrogens with two attached hydrogens (primary N) is 1. The van der Waals surface area contributed by atoms with Gasteiger partial charge in [0.1, 0.15) is 11.4 Å². The van der Waals surface area contributed by atoms with Gasteiger partial charge in [-0.15, -0.1) is 4.91 Å². The minimum absolute atomic E-state index is 0.00412. The van der Waals surface area contributed by atoms with Crippen LogP contribution in [0.3, 0.4) is 0 Å². The first-order chi connectivity index (χ1) is 14.9. The van der Waals surface area contributed by atoms with Gasteiger partial charge in [0.2, 0.25) is 11.5 Å². The number of hydrogen-bond acceptors (Lipinski definition) is 8. The number of nitrogens with zero attached hydrogens (tertiary/aromatic N) is 3. The summed E-state index contributed by atoms with van der Waals surface area (Å²) in [6, 6.07) is 10.4. The SMILES string of the molecule is C=C(c1cc(O)cc(N=O)c1)N1CCC[C@H](CCc2cccc3c2C(N)=N[S+]([O-])N3)C1. The molecule has 162 valence electrons. The Balaban J connectivity index is 1.44. The number of amidine groups is 1. The summed E-state index contributed by atoms with van der Waals surface area (Å²) in [4.78, 5) is 13.1. The fourth-order valence-electron chi connectivity index (χ4n) is 4.35. The summed E-state index contributed by atoms with van der Waals surface area (Å²) in [7, 11) is 0. The molecule has 0 spiro atoms. The van der Waals surface area contributed by atoms with Gasteiger partial charge in [0.05, 0.1) is 11.3 Å². The smallest absolute Gasteiger partial charge is 0.222 e. The monoisotopic (exact) mass is 439 g/mol. The third-order valence-corrected chi connectivity index (χ3v) is 6.61. The summed E-state index contributed by atoms with van der Waals surface area (Å²) in [6.45, 7) is 5.92. The number of piperidine rings is 1. The third-order valence-electron chi connectivity index (χ3n) is 5.85. The lowest BCUT2D eigenvalue weighted by molar-refractivity contribution is 0.237. The highest BCUT2D eigenvalue weighted by Crippen LogP contribution is 2.32. The Morgan fingerprint density at radius 3 is 3.06 bits per heavy atom. The van der Waals surface area contributed by atoms with Crippen LogP contribution in [0.5, 0.6) is 5.75 Å². The van der Waals surface area contributed by atoms with Crippen molar-refractivity contribution in [3.05, 3.63) is 64.6 Å². The molecule has 2 aromatic rings. The normalized spacial score (nSPS) is 20.4. The number of aryl methyl sites for hydroxylation is 1. The average molecular weight is 440 g/mol. The molecule has 4 N–H and O–H groups in total. The maximum absolute atomic E-state index is 11.7. The van der Waals surface area contributed by atoms with Crippen LogP contribution in [0.15, 0.2) is 52.6 Å². The zero-order chi connectivity index (χ0) is 22.0. The van der Waals surface area contributed by atoms with Gasteiger partial charge in [-0.05, 0) is 64.9 Å². The first kappa shape index (κ1) is 21.2. The number of hydrogen-bond donors (Lipinski definition) is 3. The number of nitroso groups, excluding NO2 is 1. The number of aromatic hydroxyl groups is 1. The maximum Gasteiger partial charge on any atom is 0.222 e. The van der Waals surface area contributed by atoms with E-state index in [9.17, 15) is 14.6 Å². The first-order valence-corrected chi connectivity index (χ1v) is 11.3. The Labute approximate surface area is 184 Å². The van der Waals surface area contributed by atoms with Crippen LogP contribution in [0.4, 0.5) is 11.4 Å². The van der Waals surface area contributed by atoms with Crippen molar-refractivity contribution < 1.29 is 9.66 Å². The first-order valence-electron chi connectivity index (χ1n) is 10.2. The summed E-state index contributed by atoms with van der Waals surface area (Å²) in [5.41, 5.74) is 10.4. The Kier molecular flexibility index (Phi) is 6.15. The lowest BCUT2D eigenvalue weighted by Gasteiger charge is -2.36. The maximum atomic E-state index is 11.7. The molecule has 0 amide bonds. The topological polar surface area (TPSA) is 126 Å². The van der Waals surface area contributed by atoms with Crippen LogP contribution in [0, 0.1) is 10.8 Å². The molecular formula is C22H25N5O3S. The summed E-state index contributed by atoms with van der Waals surface area (Å²) in [5.74, 6) is 0.778. The third kappa shape index (κ3) is 4.67. The van der Waals surface area contributed by atoms with Gasteiger partial charge >= 0.3 is 0 Å². The second kappa shape index (κ2) is 8.99. The quantitative estimate of drug-likeness (QED) is 0.464. The van der Waals surface area contributed by atoms with Crippen molar-refractivity contribution in [2.24, 2.45) is 21.2 Å². The second-order valence-corrected chi connectivity index (χ2v) is 8.82. The van der Waals surface area contributed by atoms with Crippen molar-refractivity contribution in [1.82, 2.24) is 4.90 Å². The fourth-order valence-corrected chi connectivity index (χ4v) is 5.02. The van der Waals surface area contributed by atoms with Crippen LogP contribution in [0.1, 0.15) is 36.0 Å². The summed E-state index contributed by atoms with van der Waals surface area (Å²) in [5, 5.41) is 12.8. The van der Waals surface area contributed by atoms with E-state index in [0.717, 1.165) is 61.3 Å². The molecule has 2 aromatic carbocycles. The van der Waals surface area contributed by atoms with E-state index in [1.54, 1.807) is 12.1 Å². The van der Waals surface area contributed by atoms with E-state index in [4.69, 9.17) is 5.73 Å². The fraction of sp³-hybridized carbons (Fsp3) is 0.318. The van der Waals surface area contributed by atoms with E-state index < -0.39 is 11.5 Å². The Hall–Kier alpha value is -3.04. The molecule has 1 saturated heterocycles. The summed E-state index contributed by atoms with van der Waals surface area (Å²) in [6.07, 6.45) is 3.96. The lowest BCUT2D eigenvalue weighted by Crippen LogP contribution is -2.34. The molecule has 2 atom stereocenters. The van der Waals surface area contributed by atoms with Crippen LogP contribution in [0.2, 0.25) is 0 Å². The molecule has 2 aliphatic heterocycles. The minimum atomic E-state index is -1.53. The van der Waals surface area contributed by atoms with Crippen molar-refractivity contribution >= 4 is 34.5 Å². The molecule has 0 aromatic heterocycles. The van der Waals surface area contributed by atoms with E-state index in [1.165, 1.54) is 6.07 Å². The van der Waals surface area contributed by atoms with E-state index in [-0.39, 0.29) is 11.4 Å². The van der Waals surface area contributed by atoms with E-state index in [2.05, 4.69) is 25.8 Å². The molecular weight excluding hydrogens is 414 g/mol. The largest absolute Gasteiger partial charge is 0.566 e. The van der Waals surface area contributed by atoms with Crippen LogP contribution in [0.25, 0.3) is 5.70 Å². The van der Waals surface area contributed by atoms with Crippen LogP contribution in [-0.2, 0) is 18.0 Å². The molecule has 0 saturated carbocycles. The Morgan fingerprint density at radius 1 is 1.42 bits per heavy atom. The highest BCUT2D eigenvalue weighted by Gasteiger charge is 2.25. The Bertz CT molecular complexity index is 1040. The zero-order valence-electron chi connectivity index (χ0n) is 17.1. The molecule has 2 heterocycles. The highest BCUT2D eigenvalue weighted by molar-refractivity contribution is 7.91. The van der Waals surface area contributed by atoms with Gasteiger partial charge in [0, 0.05) is 30.4 Å². The molecule has 8 nitrogen and oxygen atoms in total. The van der Waals surface area contributed by atoms with Crippen molar-refractivity contribution in [1.29, 1.82) is 0 Å². The predicted molar refractivity (Wildman–Crippen MR) is 124 cm³/mol. The highest BCUT2D eigenvalue weighted by atomic mass is 32.2. The molecule has 4 rings (SSSR count). The number of anilines is 1. The number of phenolic OH excluding ortho intramolecular Hbond substituents is 1. The van der Waals surface area contributed by atoms with Crippen LogP contribution >= 0.6 is 0 Å². The molecule has 9 heteroatoms. The van der Waals surface area contributed by atoms with Crippen molar-refractivity contribution in [2.45, 2.75) is 25.7 Å². The lowest BCUT2D eigenvalue weighted by atomic mass is 9.89. The number of phenols is 1. The average Bonchev–Trinajstić information content (AvgIpc) is 2.76. The zero-order valence-corrected chi connectivity index (χ0v) is 17.9. The summed E-state index contributed by atoms with van der Waals surface area (Å²) < 4.78 is 18.5.